The molecule has 1 heterocycles. The molecule has 7 heteroatoms. The maximum Gasteiger partial charge on any atom is 0.213 e. The van der Waals surface area contributed by atoms with Crippen molar-refractivity contribution in [2.75, 3.05) is 27.3 Å². The molecule has 1 aromatic heterocycles. The van der Waals surface area contributed by atoms with E-state index in [-0.39, 0.29) is 30.1 Å². The van der Waals surface area contributed by atoms with Crippen LogP contribution in [0, 0.1) is 5.92 Å². The third-order valence-electron chi connectivity index (χ3n) is 3.50. The van der Waals surface area contributed by atoms with Crippen LogP contribution < -0.4 is 15.4 Å². The molecule has 138 valence electrons. The lowest BCUT2D eigenvalue weighted by Crippen LogP contribution is -2.39. The molecule has 2 N–H and O–H groups in total. The van der Waals surface area contributed by atoms with Gasteiger partial charge in [-0.25, -0.2) is 4.98 Å². The van der Waals surface area contributed by atoms with E-state index in [2.05, 4.69) is 34.5 Å². The van der Waals surface area contributed by atoms with Gasteiger partial charge in [-0.05, 0) is 25.3 Å². The highest BCUT2D eigenvalue weighted by Gasteiger charge is 2.12. The second-order valence-corrected chi connectivity index (χ2v) is 5.55. The number of aliphatic imine (C=N–C) groups is 1. The van der Waals surface area contributed by atoms with Gasteiger partial charge < -0.3 is 20.1 Å². The van der Waals surface area contributed by atoms with Crippen molar-refractivity contribution in [2.45, 2.75) is 39.8 Å². The molecule has 0 aromatic carbocycles. The van der Waals surface area contributed by atoms with Crippen LogP contribution in [0.1, 0.15) is 32.9 Å². The first-order valence-corrected chi connectivity index (χ1v) is 8.16. The average molecular weight is 450 g/mol. The van der Waals surface area contributed by atoms with Gasteiger partial charge in [-0.15, -0.1) is 24.0 Å². The topological polar surface area (TPSA) is 67.8 Å². The second-order valence-electron chi connectivity index (χ2n) is 5.55. The fraction of sp³-hybridized carbons (Fsp3) is 0.647. The fourth-order valence-corrected chi connectivity index (χ4v) is 2.22. The van der Waals surface area contributed by atoms with Gasteiger partial charge in [0.05, 0.1) is 25.5 Å². The number of guanidine groups is 1. The fourth-order valence-electron chi connectivity index (χ4n) is 2.22. The molecule has 0 saturated heterocycles. The second kappa shape index (κ2) is 13.2. The van der Waals surface area contributed by atoms with E-state index in [1.54, 1.807) is 14.2 Å². The van der Waals surface area contributed by atoms with Crippen molar-refractivity contribution < 1.29 is 9.47 Å². The monoisotopic (exact) mass is 450 g/mol. The largest absolute Gasteiger partial charge is 0.481 e. The van der Waals surface area contributed by atoms with Gasteiger partial charge in [0.15, 0.2) is 5.96 Å². The third-order valence-corrected chi connectivity index (χ3v) is 3.50. The highest BCUT2D eigenvalue weighted by atomic mass is 127. The summed E-state index contributed by atoms with van der Waals surface area (Å²) in [5.74, 6) is 1.88. The predicted molar refractivity (Wildman–Crippen MR) is 109 cm³/mol. The maximum atomic E-state index is 5.75. The molecule has 0 aliphatic heterocycles. The minimum atomic E-state index is 0. The van der Waals surface area contributed by atoms with Crippen molar-refractivity contribution in [2.24, 2.45) is 10.9 Å². The molecule has 0 saturated carbocycles. The summed E-state index contributed by atoms with van der Waals surface area (Å²) in [7, 11) is 3.38. The van der Waals surface area contributed by atoms with E-state index >= 15 is 0 Å². The first-order chi connectivity index (χ1) is 11.1. The maximum absolute atomic E-state index is 5.75. The summed E-state index contributed by atoms with van der Waals surface area (Å²) in [5, 5.41) is 6.56. The molecule has 0 aliphatic rings. The Labute approximate surface area is 162 Å². The van der Waals surface area contributed by atoms with Crippen molar-refractivity contribution in [1.29, 1.82) is 0 Å². The third kappa shape index (κ3) is 8.68. The summed E-state index contributed by atoms with van der Waals surface area (Å²) < 4.78 is 10.9. The van der Waals surface area contributed by atoms with Gasteiger partial charge in [0.2, 0.25) is 5.88 Å². The summed E-state index contributed by atoms with van der Waals surface area (Å²) in [6.07, 6.45) is 1.22. The van der Waals surface area contributed by atoms with Crippen LogP contribution >= 0.6 is 24.0 Å². The Hall–Kier alpha value is -1.09. The van der Waals surface area contributed by atoms with E-state index in [0.29, 0.717) is 18.3 Å². The predicted octanol–water partition coefficient (Wildman–Crippen LogP) is 2.82. The van der Waals surface area contributed by atoms with E-state index in [1.807, 2.05) is 25.1 Å². The number of methoxy groups -OCH3 is 1. The molecule has 1 atom stereocenters. The zero-order valence-electron chi connectivity index (χ0n) is 15.3. The smallest absolute Gasteiger partial charge is 0.213 e. The first-order valence-electron chi connectivity index (χ1n) is 8.16. The number of nitrogens with one attached hydrogen (secondary N) is 2. The Morgan fingerprint density at radius 1 is 1.29 bits per heavy atom. The van der Waals surface area contributed by atoms with Gasteiger partial charge in [-0.1, -0.05) is 19.9 Å². The summed E-state index contributed by atoms with van der Waals surface area (Å²) in [4.78, 5) is 8.59. The molecule has 1 rings (SSSR count). The van der Waals surface area contributed by atoms with Crippen molar-refractivity contribution in [1.82, 2.24) is 15.6 Å². The van der Waals surface area contributed by atoms with E-state index in [1.165, 1.54) is 0 Å². The molecule has 0 fully saturated rings. The number of halogens is 1. The Morgan fingerprint density at radius 2 is 2.04 bits per heavy atom. The van der Waals surface area contributed by atoms with E-state index in [4.69, 9.17) is 9.47 Å². The zero-order chi connectivity index (χ0) is 17.1. The molecule has 1 aromatic rings. The highest BCUT2D eigenvalue weighted by molar-refractivity contribution is 14.0. The molecule has 0 spiro atoms. The highest BCUT2D eigenvalue weighted by Crippen LogP contribution is 2.10. The quantitative estimate of drug-likeness (QED) is 0.344. The van der Waals surface area contributed by atoms with E-state index < -0.39 is 0 Å². The number of pyridine rings is 1. The number of aromatic nitrogens is 1. The van der Waals surface area contributed by atoms with Crippen molar-refractivity contribution in [3.8, 4) is 5.88 Å². The average Bonchev–Trinajstić information content (AvgIpc) is 2.56. The molecule has 0 bridgehead atoms. The van der Waals surface area contributed by atoms with Crippen LogP contribution in [-0.4, -0.2) is 44.4 Å². The van der Waals surface area contributed by atoms with Crippen LogP contribution in [0.2, 0.25) is 0 Å². The Kier molecular flexibility index (Phi) is 12.6. The van der Waals surface area contributed by atoms with Crippen LogP contribution in [0.5, 0.6) is 5.88 Å². The minimum absolute atomic E-state index is 0. The number of ether oxygens (including phenoxy) is 2. The molecule has 0 amide bonds. The van der Waals surface area contributed by atoms with Gasteiger partial charge in [0, 0.05) is 26.3 Å². The lowest BCUT2D eigenvalue weighted by molar-refractivity contribution is 0.0258. The normalized spacial score (nSPS) is 12.5. The van der Waals surface area contributed by atoms with Crippen molar-refractivity contribution in [3.05, 3.63) is 23.9 Å². The lowest BCUT2D eigenvalue weighted by Gasteiger charge is -2.21. The lowest BCUT2D eigenvalue weighted by atomic mass is 10.0. The molecular weight excluding hydrogens is 419 g/mol. The van der Waals surface area contributed by atoms with Gasteiger partial charge in [-0.2, -0.15) is 0 Å². The zero-order valence-corrected chi connectivity index (χ0v) is 17.7. The summed E-state index contributed by atoms with van der Waals surface area (Å²) in [6.45, 7) is 8.55. The molecule has 6 nitrogen and oxygen atoms in total. The molecule has 24 heavy (non-hydrogen) atoms. The van der Waals surface area contributed by atoms with Crippen LogP contribution in [0.3, 0.4) is 0 Å². The standard InChI is InChI=1S/C17H30N4O2.HI/c1-6-23-15(13(2)3)10-11-19-17(18-4)20-12-14-8-7-9-16(21-14)22-5;/h7-9,13,15H,6,10-12H2,1-5H3,(H2,18,19,20);1H. The van der Waals surface area contributed by atoms with Gasteiger partial charge >= 0.3 is 0 Å². The number of hydrogen-bond acceptors (Lipinski definition) is 4. The Balaban J connectivity index is 0.00000529. The van der Waals surface area contributed by atoms with Crippen LogP contribution in [0.25, 0.3) is 0 Å². The van der Waals surface area contributed by atoms with E-state index in [9.17, 15) is 0 Å². The summed E-state index contributed by atoms with van der Waals surface area (Å²) in [5.41, 5.74) is 0.904. The van der Waals surface area contributed by atoms with Crippen LogP contribution in [0.15, 0.2) is 23.2 Å². The van der Waals surface area contributed by atoms with Gasteiger partial charge in [0.1, 0.15) is 0 Å². The SMILES string of the molecule is CCOC(CCNC(=NC)NCc1cccc(OC)n1)C(C)C.I. The Bertz CT molecular complexity index is 483. The molecule has 0 aliphatic carbocycles. The molecular formula is C17H31IN4O2. The number of rotatable bonds is 9. The van der Waals surface area contributed by atoms with Gasteiger partial charge in [0.25, 0.3) is 0 Å². The summed E-state index contributed by atoms with van der Waals surface area (Å²) in [6, 6.07) is 5.71. The van der Waals surface area contributed by atoms with Crippen LogP contribution in [0.4, 0.5) is 0 Å². The minimum Gasteiger partial charge on any atom is -0.481 e. The van der Waals surface area contributed by atoms with Crippen LogP contribution in [-0.2, 0) is 11.3 Å². The molecule has 1 unspecified atom stereocenters. The Morgan fingerprint density at radius 3 is 2.62 bits per heavy atom. The van der Waals surface area contributed by atoms with Crippen molar-refractivity contribution in [3.63, 3.8) is 0 Å². The number of nitrogens with zero attached hydrogens (tertiary/aromatic N) is 2. The molecule has 0 radical (unpaired) electrons. The van der Waals surface area contributed by atoms with Crippen molar-refractivity contribution >= 4 is 29.9 Å². The first kappa shape index (κ1) is 22.9. The summed E-state index contributed by atoms with van der Waals surface area (Å²) >= 11 is 0. The van der Waals surface area contributed by atoms with E-state index in [0.717, 1.165) is 31.2 Å². The van der Waals surface area contributed by atoms with Gasteiger partial charge in [-0.3, -0.25) is 4.99 Å². The number of hydrogen-bond donors (Lipinski definition) is 2.